The van der Waals surface area contributed by atoms with E-state index in [2.05, 4.69) is 45.0 Å². The first-order valence-corrected chi connectivity index (χ1v) is 8.01. The van der Waals surface area contributed by atoms with Crippen LogP contribution in [0.2, 0.25) is 0 Å². The molecule has 1 saturated carbocycles. The van der Waals surface area contributed by atoms with E-state index in [1.165, 1.54) is 19.3 Å². The molecule has 19 heavy (non-hydrogen) atoms. The molecule has 3 heteroatoms. The topological polar surface area (TPSA) is 35.5 Å². The first-order valence-electron chi connectivity index (χ1n) is 8.01. The summed E-state index contributed by atoms with van der Waals surface area (Å²) in [6, 6.07) is 0.577. The first-order chi connectivity index (χ1) is 8.95. The monoisotopic (exact) mass is 270 g/mol. The van der Waals surface area contributed by atoms with Gasteiger partial charge in [0.05, 0.1) is 12.1 Å². The lowest BCUT2D eigenvalue weighted by molar-refractivity contribution is 0.0825. The van der Waals surface area contributed by atoms with Gasteiger partial charge in [-0.1, -0.05) is 20.8 Å². The van der Waals surface area contributed by atoms with E-state index in [1.54, 1.807) is 0 Å². The Morgan fingerprint density at radius 3 is 2.37 bits per heavy atom. The van der Waals surface area contributed by atoms with Gasteiger partial charge in [-0.3, -0.25) is 0 Å². The van der Waals surface area contributed by atoms with E-state index in [-0.39, 0.29) is 12.1 Å². The third kappa shape index (κ3) is 5.05. The lowest BCUT2D eigenvalue weighted by atomic mass is 9.92. The Kier molecular flexibility index (Phi) is 6.78. The number of nitrogens with zero attached hydrogens (tertiary/aromatic N) is 1. The largest absolute Gasteiger partial charge is 0.394 e. The predicted octanol–water partition coefficient (Wildman–Crippen LogP) is 2.49. The Bertz CT molecular complexity index is 253. The minimum Gasteiger partial charge on any atom is -0.394 e. The van der Waals surface area contributed by atoms with Crippen molar-refractivity contribution < 1.29 is 5.11 Å². The van der Waals surface area contributed by atoms with Gasteiger partial charge in [-0.05, 0) is 58.0 Å². The van der Waals surface area contributed by atoms with Crippen molar-refractivity contribution in [2.45, 2.75) is 65.0 Å². The Morgan fingerprint density at radius 2 is 1.95 bits per heavy atom. The van der Waals surface area contributed by atoms with Crippen molar-refractivity contribution >= 4 is 0 Å². The lowest BCUT2D eigenvalue weighted by Gasteiger charge is -2.39. The summed E-state index contributed by atoms with van der Waals surface area (Å²) in [5, 5.41) is 13.6. The smallest absolute Gasteiger partial charge is 0.0628 e. The van der Waals surface area contributed by atoms with Gasteiger partial charge in [0, 0.05) is 12.6 Å². The minimum atomic E-state index is -0.0734. The number of rotatable bonds is 10. The van der Waals surface area contributed by atoms with Gasteiger partial charge in [0.15, 0.2) is 0 Å². The summed E-state index contributed by atoms with van der Waals surface area (Å²) in [6.07, 6.45) is 4.88. The van der Waals surface area contributed by atoms with E-state index in [0.717, 1.165) is 25.4 Å². The standard InChI is InChI=1S/C16H34N2O/c1-6-9-17-16(12-19,15-7-8-15)11-18(5)14(4)10-13(2)3/h13-15,17,19H,6-12H2,1-5H3. The number of aliphatic hydroxyl groups is 1. The highest BCUT2D eigenvalue weighted by atomic mass is 16.3. The summed E-state index contributed by atoms with van der Waals surface area (Å²) in [6.45, 7) is 11.3. The molecule has 0 aliphatic heterocycles. The van der Waals surface area contributed by atoms with Crippen LogP contribution in [-0.2, 0) is 0 Å². The van der Waals surface area contributed by atoms with Crippen molar-refractivity contribution in [3.05, 3.63) is 0 Å². The van der Waals surface area contributed by atoms with Crippen molar-refractivity contribution in [3.8, 4) is 0 Å². The third-order valence-electron chi connectivity index (χ3n) is 4.46. The van der Waals surface area contributed by atoms with Crippen molar-refractivity contribution in [2.24, 2.45) is 11.8 Å². The van der Waals surface area contributed by atoms with E-state index >= 15 is 0 Å². The molecule has 0 aromatic rings. The molecule has 1 rings (SSSR count). The van der Waals surface area contributed by atoms with Crippen molar-refractivity contribution in [1.82, 2.24) is 10.2 Å². The van der Waals surface area contributed by atoms with Gasteiger partial charge >= 0.3 is 0 Å². The molecule has 0 aromatic heterocycles. The Hall–Kier alpha value is -0.120. The molecule has 0 bridgehead atoms. The van der Waals surface area contributed by atoms with Crippen molar-refractivity contribution in [1.29, 1.82) is 0 Å². The van der Waals surface area contributed by atoms with Gasteiger partial charge in [0.2, 0.25) is 0 Å². The van der Waals surface area contributed by atoms with Crippen molar-refractivity contribution in [3.63, 3.8) is 0 Å². The molecule has 0 aromatic carbocycles. The highest BCUT2D eigenvalue weighted by Gasteiger charge is 2.45. The Balaban J connectivity index is 2.60. The van der Waals surface area contributed by atoms with Crippen LogP contribution in [0.15, 0.2) is 0 Å². The normalized spacial score (nSPS) is 20.8. The van der Waals surface area contributed by atoms with E-state index in [0.29, 0.717) is 12.0 Å². The third-order valence-corrected chi connectivity index (χ3v) is 4.46. The average molecular weight is 270 g/mol. The molecule has 1 aliphatic rings. The molecule has 0 heterocycles. The van der Waals surface area contributed by atoms with Crippen LogP contribution in [0.3, 0.4) is 0 Å². The maximum absolute atomic E-state index is 9.94. The van der Waals surface area contributed by atoms with Gasteiger partial charge in [-0.2, -0.15) is 0 Å². The van der Waals surface area contributed by atoms with Gasteiger partial charge in [-0.25, -0.2) is 0 Å². The molecule has 2 unspecified atom stereocenters. The molecule has 114 valence electrons. The van der Waals surface area contributed by atoms with Gasteiger partial charge in [-0.15, -0.1) is 0 Å². The number of likely N-dealkylation sites (N-methyl/N-ethyl adjacent to an activating group) is 1. The zero-order chi connectivity index (χ0) is 14.5. The van der Waals surface area contributed by atoms with Crippen LogP contribution in [0.1, 0.15) is 53.4 Å². The second-order valence-electron chi connectivity index (χ2n) is 6.91. The van der Waals surface area contributed by atoms with Crippen molar-refractivity contribution in [2.75, 3.05) is 26.7 Å². The fourth-order valence-corrected chi connectivity index (χ4v) is 3.04. The summed E-state index contributed by atoms with van der Waals surface area (Å²) in [5.74, 6) is 1.39. The summed E-state index contributed by atoms with van der Waals surface area (Å²) in [4.78, 5) is 2.43. The molecular formula is C16H34N2O. The number of hydrogen-bond acceptors (Lipinski definition) is 3. The van der Waals surface area contributed by atoms with Crippen LogP contribution >= 0.6 is 0 Å². The summed E-state index contributed by atoms with van der Waals surface area (Å²) >= 11 is 0. The summed E-state index contributed by atoms with van der Waals surface area (Å²) in [5.41, 5.74) is -0.0734. The molecule has 0 radical (unpaired) electrons. The zero-order valence-electron chi connectivity index (χ0n) is 13.6. The van der Waals surface area contributed by atoms with Crippen LogP contribution in [0.5, 0.6) is 0 Å². The van der Waals surface area contributed by atoms with Crippen LogP contribution in [0.25, 0.3) is 0 Å². The van der Waals surface area contributed by atoms with Crippen LogP contribution in [0, 0.1) is 11.8 Å². The predicted molar refractivity (Wildman–Crippen MR) is 82.4 cm³/mol. The fraction of sp³-hybridized carbons (Fsp3) is 1.00. The lowest BCUT2D eigenvalue weighted by Crippen LogP contribution is -2.58. The maximum Gasteiger partial charge on any atom is 0.0628 e. The molecule has 1 fully saturated rings. The number of hydrogen-bond donors (Lipinski definition) is 2. The van der Waals surface area contributed by atoms with Crippen LogP contribution in [-0.4, -0.2) is 48.3 Å². The Labute approximate surface area is 119 Å². The molecule has 2 atom stereocenters. The molecule has 1 aliphatic carbocycles. The first kappa shape index (κ1) is 16.9. The Morgan fingerprint density at radius 1 is 1.32 bits per heavy atom. The molecular weight excluding hydrogens is 236 g/mol. The van der Waals surface area contributed by atoms with Crippen LogP contribution in [0.4, 0.5) is 0 Å². The molecule has 2 N–H and O–H groups in total. The molecule has 0 amide bonds. The van der Waals surface area contributed by atoms with Gasteiger partial charge in [0.1, 0.15) is 0 Å². The second-order valence-corrected chi connectivity index (χ2v) is 6.91. The quantitative estimate of drug-likeness (QED) is 0.640. The minimum absolute atomic E-state index is 0.0734. The number of aliphatic hydroxyl groups excluding tert-OH is 1. The average Bonchev–Trinajstić information content (AvgIpc) is 3.18. The highest BCUT2D eigenvalue weighted by Crippen LogP contribution is 2.40. The van der Waals surface area contributed by atoms with Crippen LogP contribution < -0.4 is 5.32 Å². The number of nitrogens with one attached hydrogen (secondary N) is 1. The van der Waals surface area contributed by atoms with Gasteiger partial charge < -0.3 is 15.3 Å². The fourth-order valence-electron chi connectivity index (χ4n) is 3.04. The van der Waals surface area contributed by atoms with Gasteiger partial charge in [0.25, 0.3) is 0 Å². The maximum atomic E-state index is 9.94. The SMILES string of the molecule is CCCNC(CO)(CN(C)C(C)CC(C)C)C1CC1. The summed E-state index contributed by atoms with van der Waals surface area (Å²) < 4.78 is 0. The molecule has 0 spiro atoms. The van der Waals surface area contributed by atoms with E-state index in [1.807, 2.05) is 0 Å². The zero-order valence-corrected chi connectivity index (χ0v) is 13.6. The van der Waals surface area contributed by atoms with E-state index in [9.17, 15) is 5.11 Å². The molecule has 0 saturated heterocycles. The summed E-state index contributed by atoms with van der Waals surface area (Å²) in [7, 11) is 2.20. The molecule has 3 nitrogen and oxygen atoms in total. The van der Waals surface area contributed by atoms with E-state index in [4.69, 9.17) is 0 Å². The second kappa shape index (κ2) is 7.61. The highest BCUT2D eigenvalue weighted by molar-refractivity contribution is 5.03. The van der Waals surface area contributed by atoms with E-state index < -0.39 is 0 Å².